The summed E-state index contributed by atoms with van der Waals surface area (Å²) in [6.45, 7) is 5.10. The highest BCUT2D eigenvalue weighted by Gasteiger charge is 2.26. The standard InChI is InChI=1S/C22H27N5O2/c1-14-5-4-10-27-21(16-8-9-23-19(11-16)24-12-17(29)13-28)20(26-22(14)27)18-7-3-6-15(2)25-18/h3,6-9,11,14,17,28-29H,4-5,10,12-13H2,1-2H3,(H,23,24)/t14-,17?/m0/s1. The molecule has 4 rings (SSSR count). The van der Waals surface area contributed by atoms with Crippen molar-refractivity contribution in [1.29, 1.82) is 0 Å². The summed E-state index contributed by atoms with van der Waals surface area (Å²) in [4.78, 5) is 14.1. The largest absolute Gasteiger partial charge is 0.394 e. The maximum Gasteiger partial charge on any atom is 0.126 e. The number of aryl methyl sites for hydroxylation is 1. The first kappa shape index (κ1) is 19.5. The molecular formula is C22H27N5O2. The van der Waals surface area contributed by atoms with Gasteiger partial charge in [-0.15, -0.1) is 0 Å². The third-order valence-electron chi connectivity index (χ3n) is 5.35. The fraction of sp³-hybridized carbons (Fsp3) is 0.409. The number of hydrogen-bond acceptors (Lipinski definition) is 6. The average molecular weight is 393 g/mol. The minimum Gasteiger partial charge on any atom is -0.394 e. The van der Waals surface area contributed by atoms with Crippen molar-refractivity contribution in [3.8, 4) is 22.6 Å². The van der Waals surface area contributed by atoms with Gasteiger partial charge in [0.15, 0.2) is 0 Å². The molecule has 4 heterocycles. The normalized spacial score (nSPS) is 17.0. The highest BCUT2D eigenvalue weighted by Crippen LogP contribution is 2.38. The van der Waals surface area contributed by atoms with Crippen LogP contribution in [-0.2, 0) is 6.54 Å². The predicted octanol–water partition coefficient (Wildman–Crippen LogP) is 2.98. The van der Waals surface area contributed by atoms with E-state index in [0.29, 0.717) is 11.7 Å². The van der Waals surface area contributed by atoms with Gasteiger partial charge in [-0.2, -0.15) is 0 Å². The summed E-state index contributed by atoms with van der Waals surface area (Å²) in [5.74, 6) is 2.16. The van der Waals surface area contributed by atoms with Crippen molar-refractivity contribution in [2.45, 2.75) is 45.3 Å². The van der Waals surface area contributed by atoms with Gasteiger partial charge in [-0.1, -0.05) is 13.0 Å². The van der Waals surface area contributed by atoms with Gasteiger partial charge in [-0.3, -0.25) is 4.98 Å². The molecule has 0 aliphatic carbocycles. The number of nitrogens with one attached hydrogen (secondary N) is 1. The van der Waals surface area contributed by atoms with Crippen molar-refractivity contribution >= 4 is 5.82 Å². The number of hydrogen-bond donors (Lipinski definition) is 3. The summed E-state index contributed by atoms with van der Waals surface area (Å²) >= 11 is 0. The number of aromatic nitrogens is 4. The topological polar surface area (TPSA) is 96.1 Å². The van der Waals surface area contributed by atoms with E-state index in [4.69, 9.17) is 15.1 Å². The molecule has 2 atom stereocenters. The number of rotatable bonds is 6. The van der Waals surface area contributed by atoms with Crippen LogP contribution in [0.3, 0.4) is 0 Å². The zero-order chi connectivity index (χ0) is 20.4. The van der Waals surface area contributed by atoms with Gasteiger partial charge in [-0.25, -0.2) is 9.97 Å². The highest BCUT2D eigenvalue weighted by atomic mass is 16.3. The van der Waals surface area contributed by atoms with E-state index < -0.39 is 6.10 Å². The van der Waals surface area contributed by atoms with Crippen LogP contribution in [0.15, 0.2) is 36.5 Å². The van der Waals surface area contributed by atoms with Crippen LogP contribution in [0.25, 0.3) is 22.6 Å². The molecule has 7 nitrogen and oxygen atoms in total. The molecule has 3 aromatic rings. The lowest BCUT2D eigenvalue weighted by atomic mass is 10.0. The summed E-state index contributed by atoms with van der Waals surface area (Å²) in [6.07, 6.45) is 3.19. The first-order valence-electron chi connectivity index (χ1n) is 10.1. The Morgan fingerprint density at radius 3 is 2.93 bits per heavy atom. The van der Waals surface area contributed by atoms with Crippen molar-refractivity contribution in [2.24, 2.45) is 0 Å². The molecule has 29 heavy (non-hydrogen) atoms. The first-order valence-corrected chi connectivity index (χ1v) is 10.1. The summed E-state index contributed by atoms with van der Waals surface area (Å²) in [5, 5.41) is 21.7. The van der Waals surface area contributed by atoms with E-state index in [1.54, 1.807) is 6.20 Å². The van der Waals surface area contributed by atoms with Crippen LogP contribution in [0.5, 0.6) is 0 Å². The molecule has 3 N–H and O–H groups in total. The fourth-order valence-corrected chi connectivity index (χ4v) is 3.87. The molecular weight excluding hydrogens is 366 g/mol. The van der Waals surface area contributed by atoms with E-state index in [9.17, 15) is 5.11 Å². The van der Waals surface area contributed by atoms with Crippen LogP contribution in [0.1, 0.15) is 37.2 Å². The van der Waals surface area contributed by atoms with Gasteiger partial charge >= 0.3 is 0 Å². The molecule has 1 unspecified atom stereocenters. The Bertz CT molecular complexity index is 1000. The van der Waals surface area contributed by atoms with Crippen LogP contribution >= 0.6 is 0 Å². The smallest absolute Gasteiger partial charge is 0.126 e. The van der Waals surface area contributed by atoms with E-state index in [1.807, 2.05) is 37.3 Å². The lowest BCUT2D eigenvalue weighted by Gasteiger charge is -2.22. The molecule has 0 amide bonds. The van der Waals surface area contributed by atoms with Crippen LogP contribution < -0.4 is 5.32 Å². The van der Waals surface area contributed by atoms with E-state index in [2.05, 4.69) is 21.8 Å². The molecule has 0 saturated heterocycles. The SMILES string of the molecule is Cc1cccc(-c2nc3n(c2-c2ccnc(NCC(O)CO)c2)CCC[C@@H]3C)n1. The Kier molecular flexibility index (Phi) is 5.60. The molecule has 0 spiro atoms. The van der Waals surface area contributed by atoms with E-state index >= 15 is 0 Å². The molecule has 0 bridgehead atoms. The monoisotopic (exact) mass is 393 g/mol. The van der Waals surface area contributed by atoms with E-state index in [0.717, 1.165) is 53.5 Å². The number of fused-ring (bicyclic) bond motifs is 1. The van der Waals surface area contributed by atoms with Gasteiger partial charge in [-0.05, 0) is 44.0 Å². The minimum atomic E-state index is -0.823. The highest BCUT2D eigenvalue weighted by molar-refractivity contribution is 5.78. The molecule has 0 aromatic carbocycles. The number of aliphatic hydroxyl groups excluding tert-OH is 2. The van der Waals surface area contributed by atoms with Crippen molar-refractivity contribution in [3.05, 3.63) is 48.0 Å². The third kappa shape index (κ3) is 4.02. The van der Waals surface area contributed by atoms with E-state index in [-0.39, 0.29) is 13.2 Å². The number of aliphatic hydroxyl groups is 2. The summed E-state index contributed by atoms with van der Waals surface area (Å²) in [7, 11) is 0. The number of pyridine rings is 2. The van der Waals surface area contributed by atoms with Crippen molar-refractivity contribution < 1.29 is 10.2 Å². The van der Waals surface area contributed by atoms with Gasteiger partial charge in [0.2, 0.25) is 0 Å². The molecule has 1 aliphatic heterocycles. The van der Waals surface area contributed by atoms with Crippen molar-refractivity contribution in [2.75, 3.05) is 18.5 Å². The Morgan fingerprint density at radius 1 is 1.28 bits per heavy atom. The molecule has 1 aliphatic rings. The second-order valence-corrected chi connectivity index (χ2v) is 7.67. The van der Waals surface area contributed by atoms with Gasteiger partial charge in [0.05, 0.1) is 24.1 Å². The average Bonchev–Trinajstić information content (AvgIpc) is 3.13. The Balaban J connectivity index is 1.80. The predicted molar refractivity (Wildman–Crippen MR) is 113 cm³/mol. The lowest BCUT2D eigenvalue weighted by Crippen LogP contribution is -2.23. The molecule has 0 saturated carbocycles. The molecule has 0 fully saturated rings. The third-order valence-corrected chi connectivity index (χ3v) is 5.35. The second kappa shape index (κ2) is 8.31. The zero-order valence-corrected chi connectivity index (χ0v) is 16.8. The van der Waals surface area contributed by atoms with Gasteiger partial charge < -0.3 is 20.1 Å². The van der Waals surface area contributed by atoms with E-state index in [1.165, 1.54) is 0 Å². The minimum absolute atomic E-state index is 0.237. The lowest BCUT2D eigenvalue weighted by molar-refractivity contribution is 0.105. The number of imidazole rings is 1. The fourth-order valence-electron chi connectivity index (χ4n) is 3.87. The zero-order valence-electron chi connectivity index (χ0n) is 16.8. The van der Waals surface area contributed by atoms with Crippen LogP contribution in [0.4, 0.5) is 5.82 Å². The molecule has 7 heteroatoms. The Hall–Kier alpha value is -2.77. The van der Waals surface area contributed by atoms with Crippen molar-refractivity contribution in [3.63, 3.8) is 0 Å². The maximum atomic E-state index is 9.62. The van der Waals surface area contributed by atoms with Gasteiger partial charge in [0, 0.05) is 36.5 Å². The quantitative estimate of drug-likeness (QED) is 0.596. The first-order chi connectivity index (χ1) is 14.1. The van der Waals surface area contributed by atoms with Crippen LogP contribution in [0.2, 0.25) is 0 Å². The summed E-state index contributed by atoms with van der Waals surface area (Å²) in [6, 6.07) is 9.96. The maximum absolute atomic E-state index is 9.62. The van der Waals surface area contributed by atoms with Crippen molar-refractivity contribution in [1.82, 2.24) is 19.5 Å². The summed E-state index contributed by atoms with van der Waals surface area (Å²) in [5.41, 5.74) is 4.79. The number of nitrogens with zero attached hydrogens (tertiary/aromatic N) is 4. The summed E-state index contributed by atoms with van der Waals surface area (Å²) < 4.78 is 2.31. The second-order valence-electron chi connectivity index (χ2n) is 7.67. The van der Waals surface area contributed by atoms with Gasteiger partial charge in [0.25, 0.3) is 0 Å². The molecule has 3 aromatic heterocycles. The van der Waals surface area contributed by atoms with Crippen LogP contribution in [0, 0.1) is 6.92 Å². The number of anilines is 1. The van der Waals surface area contributed by atoms with Crippen LogP contribution in [-0.4, -0.2) is 49.0 Å². The Morgan fingerprint density at radius 2 is 2.14 bits per heavy atom. The molecule has 0 radical (unpaired) electrons. The van der Waals surface area contributed by atoms with Gasteiger partial charge in [0.1, 0.15) is 17.3 Å². The molecule has 152 valence electrons. The Labute approximate surface area is 170 Å².